The van der Waals surface area contributed by atoms with Crippen molar-refractivity contribution in [1.29, 1.82) is 0 Å². The van der Waals surface area contributed by atoms with Gasteiger partial charge in [0.1, 0.15) is 0 Å². The van der Waals surface area contributed by atoms with E-state index in [0.717, 1.165) is 0 Å². The monoisotopic (exact) mass is 318 g/mol. The van der Waals surface area contributed by atoms with Crippen molar-refractivity contribution < 1.29 is 18.0 Å². The van der Waals surface area contributed by atoms with E-state index in [2.05, 4.69) is 10.3 Å². The Morgan fingerprint density at radius 2 is 2.05 bits per heavy atom. The molecular weight excluding hydrogens is 305 g/mol. The first-order chi connectivity index (χ1) is 9.65. The number of aliphatic imine (C=N–C) groups is 1. The van der Waals surface area contributed by atoms with Crippen molar-refractivity contribution in [3.63, 3.8) is 0 Å². The van der Waals surface area contributed by atoms with E-state index in [-0.39, 0.29) is 28.6 Å². The molecule has 114 valence electrons. The van der Waals surface area contributed by atoms with E-state index in [1.807, 2.05) is 0 Å². The van der Waals surface area contributed by atoms with Crippen molar-refractivity contribution in [3.8, 4) is 0 Å². The highest BCUT2D eigenvalue weighted by Crippen LogP contribution is 2.50. The predicted molar refractivity (Wildman–Crippen MR) is 75.8 cm³/mol. The van der Waals surface area contributed by atoms with Crippen LogP contribution in [-0.2, 0) is 10.3 Å². The third-order valence-electron chi connectivity index (χ3n) is 3.26. The van der Waals surface area contributed by atoms with Gasteiger partial charge in [0.2, 0.25) is 0 Å². The van der Waals surface area contributed by atoms with Gasteiger partial charge in [0.15, 0.2) is 5.54 Å². The number of hydrogen-bond acceptors (Lipinski definition) is 2. The van der Waals surface area contributed by atoms with E-state index in [1.54, 1.807) is 13.8 Å². The van der Waals surface area contributed by atoms with Crippen LogP contribution >= 0.6 is 11.6 Å². The summed E-state index contributed by atoms with van der Waals surface area (Å²) in [6.45, 7) is 3.35. The Morgan fingerprint density at radius 1 is 1.38 bits per heavy atom. The molecule has 0 aliphatic carbocycles. The normalized spacial score (nSPS) is 22.0. The molecule has 1 heterocycles. The maximum Gasteiger partial charge on any atom is 0.417 e. The fourth-order valence-corrected chi connectivity index (χ4v) is 2.64. The molecule has 2 rings (SSSR count). The maximum atomic E-state index is 13.8. The number of rotatable bonds is 2. The SMILES string of the molecule is CC(C)CC1(C(F)(F)F)N=CC(=O)Nc2ccc(Cl)cc21. The summed E-state index contributed by atoms with van der Waals surface area (Å²) in [5, 5.41) is 2.57. The summed E-state index contributed by atoms with van der Waals surface area (Å²) in [7, 11) is 0. The predicted octanol–water partition coefficient (Wildman–Crippen LogP) is 4.17. The van der Waals surface area contributed by atoms with Crippen LogP contribution in [0.15, 0.2) is 23.2 Å². The molecule has 1 aromatic rings. The zero-order chi connectivity index (χ0) is 15.8. The van der Waals surface area contributed by atoms with Gasteiger partial charge in [-0.2, -0.15) is 13.2 Å². The summed E-state index contributed by atoms with van der Waals surface area (Å²) in [6.07, 6.45) is -4.21. The quantitative estimate of drug-likeness (QED) is 0.873. The first kappa shape index (κ1) is 15.8. The Balaban J connectivity index is 2.76. The van der Waals surface area contributed by atoms with Gasteiger partial charge in [0, 0.05) is 16.3 Å². The Labute approximate surface area is 125 Å². The maximum absolute atomic E-state index is 13.8. The molecule has 7 heteroatoms. The van der Waals surface area contributed by atoms with Gasteiger partial charge in [-0.1, -0.05) is 25.4 Å². The highest BCUT2D eigenvalue weighted by molar-refractivity contribution is 6.33. The number of alkyl halides is 3. The molecule has 1 aromatic carbocycles. The molecule has 1 atom stereocenters. The van der Waals surface area contributed by atoms with Crippen LogP contribution in [0.5, 0.6) is 0 Å². The lowest BCUT2D eigenvalue weighted by Gasteiger charge is -2.34. The molecule has 1 N–H and O–H groups in total. The lowest BCUT2D eigenvalue weighted by atomic mass is 9.81. The van der Waals surface area contributed by atoms with Crippen LogP contribution in [0.4, 0.5) is 18.9 Å². The first-order valence-corrected chi connectivity index (χ1v) is 6.76. The van der Waals surface area contributed by atoms with Crippen molar-refractivity contribution >= 4 is 29.4 Å². The molecule has 1 aliphatic heterocycles. The lowest BCUT2D eigenvalue weighted by molar-refractivity contribution is -0.192. The summed E-state index contributed by atoms with van der Waals surface area (Å²) in [5.41, 5.74) is -2.52. The van der Waals surface area contributed by atoms with Crippen LogP contribution in [0.25, 0.3) is 0 Å². The lowest BCUT2D eigenvalue weighted by Crippen LogP contribution is -2.42. The molecule has 0 saturated heterocycles. The van der Waals surface area contributed by atoms with Gasteiger partial charge >= 0.3 is 6.18 Å². The molecule has 0 radical (unpaired) electrons. The van der Waals surface area contributed by atoms with Gasteiger partial charge < -0.3 is 5.32 Å². The second kappa shape index (κ2) is 5.33. The number of amides is 1. The van der Waals surface area contributed by atoms with Crippen LogP contribution in [-0.4, -0.2) is 18.3 Å². The zero-order valence-corrected chi connectivity index (χ0v) is 12.2. The summed E-state index contributed by atoms with van der Waals surface area (Å²) in [5.74, 6) is -0.961. The van der Waals surface area contributed by atoms with Gasteiger partial charge in [-0.3, -0.25) is 9.79 Å². The molecule has 0 saturated carbocycles. The molecule has 0 fully saturated rings. The van der Waals surface area contributed by atoms with Gasteiger partial charge in [0.05, 0.1) is 6.21 Å². The number of hydrogen-bond donors (Lipinski definition) is 1. The highest BCUT2D eigenvalue weighted by atomic mass is 35.5. The van der Waals surface area contributed by atoms with Gasteiger partial charge in [-0.15, -0.1) is 0 Å². The van der Waals surface area contributed by atoms with Gasteiger partial charge in [-0.05, 0) is 30.5 Å². The average Bonchev–Trinajstić information content (AvgIpc) is 2.47. The number of nitrogens with one attached hydrogen (secondary N) is 1. The van der Waals surface area contributed by atoms with Crippen molar-refractivity contribution in [2.75, 3.05) is 5.32 Å². The Hall–Kier alpha value is -1.56. The van der Waals surface area contributed by atoms with Crippen molar-refractivity contribution in [2.24, 2.45) is 10.9 Å². The Kier molecular flexibility index (Phi) is 4.02. The second-order valence-corrected chi connectivity index (χ2v) is 5.83. The summed E-state index contributed by atoms with van der Waals surface area (Å²) >= 11 is 5.85. The van der Waals surface area contributed by atoms with E-state index < -0.39 is 17.6 Å². The fraction of sp³-hybridized carbons (Fsp3) is 0.429. The number of carbonyl (C=O) groups is 1. The van der Waals surface area contributed by atoms with E-state index in [0.29, 0.717) is 6.21 Å². The largest absolute Gasteiger partial charge is 0.417 e. The highest BCUT2D eigenvalue weighted by Gasteiger charge is 2.57. The molecule has 21 heavy (non-hydrogen) atoms. The van der Waals surface area contributed by atoms with E-state index in [4.69, 9.17) is 11.6 Å². The minimum absolute atomic E-state index is 0.0832. The number of fused-ring (bicyclic) bond motifs is 1. The standard InChI is InChI=1S/C14H14ClF3N2O/c1-8(2)6-13(14(16,17)18)10-5-9(15)3-4-11(10)20-12(21)7-19-13/h3-5,7-8H,6H2,1-2H3,(H,20,21). The van der Waals surface area contributed by atoms with Crippen LogP contribution < -0.4 is 5.32 Å². The van der Waals surface area contributed by atoms with Crippen molar-refractivity contribution in [3.05, 3.63) is 28.8 Å². The molecule has 0 aromatic heterocycles. The molecule has 0 spiro atoms. The topological polar surface area (TPSA) is 41.5 Å². The molecule has 0 bridgehead atoms. The van der Waals surface area contributed by atoms with Crippen LogP contribution in [0.2, 0.25) is 5.02 Å². The van der Waals surface area contributed by atoms with Crippen molar-refractivity contribution in [2.45, 2.75) is 32.0 Å². The molecule has 1 aliphatic rings. The molecular formula is C14H14ClF3N2O. The second-order valence-electron chi connectivity index (χ2n) is 5.39. The zero-order valence-electron chi connectivity index (χ0n) is 11.5. The van der Waals surface area contributed by atoms with Crippen LogP contribution in [0, 0.1) is 5.92 Å². The van der Waals surface area contributed by atoms with Gasteiger partial charge in [0.25, 0.3) is 5.91 Å². The minimum Gasteiger partial charge on any atom is -0.321 e. The number of anilines is 1. The number of nitrogens with zero attached hydrogens (tertiary/aromatic N) is 1. The Bertz CT molecular complexity index is 598. The summed E-state index contributed by atoms with van der Waals surface area (Å²) in [6, 6.07) is 4.02. The third kappa shape index (κ3) is 2.90. The Morgan fingerprint density at radius 3 is 2.62 bits per heavy atom. The summed E-state index contributed by atoms with van der Waals surface area (Å²) < 4.78 is 41.3. The number of benzene rings is 1. The van der Waals surface area contributed by atoms with E-state index >= 15 is 0 Å². The minimum atomic E-state index is -4.64. The summed E-state index contributed by atoms with van der Waals surface area (Å²) in [4.78, 5) is 15.2. The third-order valence-corrected chi connectivity index (χ3v) is 3.49. The van der Waals surface area contributed by atoms with E-state index in [9.17, 15) is 18.0 Å². The van der Waals surface area contributed by atoms with Crippen LogP contribution in [0.3, 0.4) is 0 Å². The fourth-order valence-electron chi connectivity index (χ4n) is 2.47. The average molecular weight is 319 g/mol. The van der Waals surface area contributed by atoms with Crippen LogP contribution in [0.1, 0.15) is 25.8 Å². The molecule has 1 unspecified atom stereocenters. The van der Waals surface area contributed by atoms with Gasteiger partial charge in [-0.25, -0.2) is 0 Å². The molecule has 1 amide bonds. The van der Waals surface area contributed by atoms with Crippen molar-refractivity contribution in [1.82, 2.24) is 0 Å². The number of halogens is 4. The number of carbonyl (C=O) groups excluding carboxylic acids is 1. The smallest absolute Gasteiger partial charge is 0.321 e. The molecule has 3 nitrogen and oxygen atoms in total. The first-order valence-electron chi connectivity index (χ1n) is 6.39. The van der Waals surface area contributed by atoms with E-state index in [1.165, 1.54) is 18.2 Å².